The third kappa shape index (κ3) is 3.05. The number of rotatable bonds is 3. The summed E-state index contributed by atoms with van der Waals surface area (Å²) in [5, 5.41) is 0. The average molecular weight is 289 g/mol. The van der Waals surface area contributed by atoms with Gasteiger partial charge < -0.3 is 14.5 Å². The van der Waals surface area contributed by atoms with Gasteiger partial charge in [-0.1, -0.05) is 12.1 Å². The Balaban J connectivity index is 1.62. The second-order valence-corrected chi connectivity index (χ2v) is 6.13. The minimum absolute atomic E-state index is 0.109. The molecule has 114 valence electrons. The third-order valence-corrected chi connectivity index (χ3v) is 4.96. The minimum atomic E-state index is 0.109. The molecule has 0 radical (unpaired) electrons. The molecule has 0 aromatic heterocycles. The van der Waals surface area contributed by atoms with Crippen LogP contribution in [0.1, 0.15) is 36.0 Å². The lowest BCUT2D eigenvalue weighted by atomic mass is 10.1. The number of piperazine rings is 1. The molecule has 2 aliphatic rings. The van der Waals surface area contributed by atoms with Crippen LogP contribution in [-0.4, -0.2) is 50.1 Å². The highest BCUT2D eigenvalue weighted by Crippen LogP contribution is 2.20. The summed E-state index contributed by atoms with van der Waals surface area (Å²) in [5.41, 5.74) is 0.685. The summed E-state index contributed by atoms with van der Waals surface area (Å²) >= 11 is 0. The van der Waals surface area contributed by atoms with E-state index in [0.717, 1.165) is 32.2 Å². The normalized spacial score (nSPS) is 20.7. The molecule has 4 nitrogen and oxygen atoms in total. The number of ether oxygens (including phenoxy) is 1. The number of nitrogens with one attached hydrogen (secondary N) is 1. The number of hydrogen-bond donors (Lipinski definition) is 1. The quantitative estimate of drug-likeness (QED) is 0.900. The lowest BCUT2D eigenvalue weighted by Crippen LogP contribution is -3.18. The number of nitrogens with zero attached hydrogens (tertiary/aromatic N) is 1. The average Bonchev–Trinajstić information content (AvgIpc) is 3.09. The van der Waals surface area contributed by atoms with Crippen molar-refractivity contribution in [2.75, 3.05) is 33.3 Å². The summed E-state index contributed by atoms with van der Waals surface area (Å²) in [6, 6.07) is 8.35. The second-order valence-electron chi connectivity index (χ2n) is 6.13. The highest BCUT2D eigenvalue weighted by atomic mass is 16.5. The molecule has 4 heteroatoms. The van der Waals surface area contributed by atoms with E-state index in [1.807, 2.05) is 29.2 Å². The van der Waals surface area contributed by atoms with Crippen molar-refractivity contribution < 1.29 is 14.4 Å². The maximum absolute atomic E-state index is 12.6. The Morgan fingerprint density at radius 1 is 1.19 bits per heavy atom. The lowest BCUT2D eigenvalue weighted by molar-refractivity contribution is -0.928. The molecule has 3 rings (SSSR count). The fraction of sp³-hybridized carbons (Fsp3) is 0.588. The van der Waals surface area contributed by atoms with E-state index >= 15 is 0 Å². The first kappa shape index (κ1) is 14.4. The van der Waals surface area contributed by atoms with Crippen molar-refractivity contribution in [2.24, 2.45) is 0 Å². The Bertz CT molecular complexity index is 489. The van der Waals surface area contributed by atoms with Crippen LogP contribution in [0.2, 0.25) is 0 Å². The predicted molar refractivity (Wildman–Crippen MR) is 81.9 cm³/mol. The Morgan fingerprint density at radius 2 is 1.86 bits per heavy atom. The van der Waals surface area contributed by atoms with E-state index in [-0.39, 0.29) is 5.91 Å². The van der Waals surface area contributed by atoms with Gasteiger partial charge in [0.1, 0.15) is 5.75 Å². The Labute approximate surface area is 126 Å². The van der Waals surface area contributed by atoms with Gasteiger partial charge in [-0.05, 0) is 37.8 Å². The van der Waals surface area contributed by atoms with Crippen molar-refractivity contribution in [3.8, 4) is 5.75 Å². The van der Waals surface area contributed by atoms with Crippen LogP contribution in [0.25, 0.3) is 0 Å². The van der Waals surface area contributed by atoms with Gasteiger partial charge in [-0.25, -0.2) is 0 Å². The first-order valence-corrected chi connectivity index (χ1v) is 8.06. The first-order chi connectivity index (χ1) is 10.3. The molecule has 21 heavy (non-hydrogen) atoms. The van der Waals surface area contributed by atoms with Gasteiger partial charge in [0.05, 0.1) is 44.9 Å². The van der Waals surface area contributed by atoms with Gasteiger partial charge in [-0.3, -0.25) is 4.79 Å². The van der Waals surface area contributed by atoms with E-state index in [1.54, 1.807) is 12.0 Å². The smallest absolute Gasteiger partial charge is 0.258 e. The van der Waals surface area contributed by atoms with E-state index in [0.29, 0.717) is 11.3 Å². The standard InChI is InChI=1S/C17H24N2O2/c1-21-16-9-5-4-8-15(16)17(20)19-12-10-18(11-13-19)14-6-2-3-7-14/h4-5,8-9,14H,2-3,6-7,10-13H2,1H3/p+1. The van der Waals surface area contributed by atoms with Gasteiger partial charge in [0.25, 0.3) is 5.91 Å². The van der Waals surface area contributed by atoms with Crippen molar-refractivity contribution in [3.63, 3.8) is 0 Å². The van der Waals surface area contributed by atoms with Gasteiger partial charge in [0.15, 0.2) is 0 Å². The van der Waals surface area contributed by atoms with E-state index in [1.165, 1.54) is 25.7 Å². The van der Waals surface area contributed by atoms with E-state index < -0.39 is 0 Å². The van der Waals surface area contributed by atoms with Gasteiger partial charge in [0.2, 0.25) is 0 Å². The van der Waals surface area contributed by atoms with Crippen LogP contribution >= 0.6 is 0 Å². The predicted octanol–water partition coefficient (Wildman–Crippen LogP) is 0.978. The molecule has 2 fully saturated rings. The monoisotopic (exact) mass is 289 g/mol. The molecule has 1 aliphatic carbocycles. The number of hydrogen-bond acceptors (Lipinski definition) is 2. The molecule has 0 unspecified atom stereocenters. The number of methoxy groups -OCH3 is 1. The van der Waals surface area contributed by atoms with Crippen molar-refractivity contribution in [2.45, 2.75) is 31.7 Å². The molecule has 1 aromatic rings. The fourth-order valence-electron chi connectivity index (χ4n) is 3.73. The van der Waals surface area contributed by atoms with Crippen LogP contribution in [0, 0.1) is 0 Å². The molecule has 1 aliphatic heterocycles. The number of benzene rings is 1. The summed E-state index contributed by atoms with van der Waals surface area (Å²) in [6.45, 7) is 3.91. The summed E-state index contributed by atoms with van der Waals surface area (Å²) in [7, 11) is 1.62. The SMILES string of the molecule is COc1ccccc1C(=O)N1CC[NH+](C2CCCC2)CC1. The molecule has 1 N–H and O–H groups in total. The molecule has 0 spiro atoms. The Kier molecular flexibility index (Phi) is 4.44. The van der Waals surface area contributed by atoms with Gasteiger partial charge >= 0.3 is 0 Å². The summed E-state index contributed by atoms with van der Waals surface area (Å²) < 4.78 is 5.31. The van der Waals surface area contributed by atoms with Crippen molar-refractivity contribution in [1.29, 1.82) is 0 Å². The van der Waals surface area contributed by atoms with Crippen LogP contribution < -0.4 is 9.64 Å². The van der Waals surface area contributed by atoms with Crippen LogP contribution in [-0.2, 0) is 0 Å². The number of carbonyl (C=O) groups is 1. The number of amides is 1. The summed E-state index contributed by atoms with van der Waals surface area (Å²) in [5.74, 6) is 0.783. The fourth-order valence-corrected chi connectivity index (χ4v) is 3.73. The maximum atomic E-state index is 12.6. The molecule has 1 saturated heterocycles. The zero-order valence-electron chi connectivity index (χ0n) is 12.8. The molecule has 1 amide bonds. The van der Waals surface area contributed by atoms with Gasteiger partial charge in [-0.15, -0.1) is 0 Å². The Morgan fingerprint density at radius 3 is 2.52 bits per heavy atom. The van der Waals surface area contributed by atoms with Crippen LogP contribution in [0.5, 0.6) is 5.75 Å². The number of para-hydroxylation sites is 1. The molecular formula is C17H25N2O2+. The zero-order valence-corrected chi connectivity index (χ0v) is 12.8. The minimum Gasteiger partial charge on any atom is -0.496 e. The maximum Gasteiger partial charge on any atom is 0.258 e. The highest BCUT2D eigenvalue weighted by Gasteiger charge is 2.31. The van der Waals surface area contributed by atoms with Crippen LogP contribution in [0.4, 0.5) is 0 Å². The Hall–Kier alpha value is -1.55. The second kappa shape index (κ2) is 6.48. The van der Waals surface area contributed by atoms with E-state index in [9.17, 15) is 4.79 Å². The van der Waals surface area contributed by atoms with Crippen LogP contribution in [0.3, 0.4) is 0 Å². The third-order valence-electron chi connectivity index (χ3n) is 4.96. The molecule has 0 atom stereocenters. The first-order valence-electron chi connectivity index (χ1n) is 8.06. The van der Waals surface area contributed by atoms with Crippen molar-refractivity contribution >= 4 is 5.91 Å². The summed E-state index contributed by atoms with van der Waals surface area (Å²) in [4.78, 5) is 16.3. The van der Waals surface area contributed by atoms with Gasteiger partial charge in [-0.2, -0.15) is 0 Å². The molecular weight excluding hydrogens is 264 g/mol. The molecule has 0 bridgehead atoms. The van der Waals surface area contributed by atoms with Crippen LogP contribution in [0.15, 0.2) is 24.3 Å². The van der Waals surface area contributed by atoms with E-state index in [2.05, 4.69) is 0 Å². The highest BCUT2D eigenvalue weighted by molar-refractivity contribution is 5.97. The van der Waals surface area contributed by atoms with E-state index in [4.69, 9.17) is 4.74 Å². The number of carbonyl (C=O) groups excluding carboxylic acids is 1. The number of quaternary nitrogens is 1. The van der Waals surface area contributed by atoms with Gasteiger partial charge in [0, 0.05) is 0 Å². The molecule has 1 aromatic carbocycles. The lowest BCUT2D eigenvalue weighted by Gasteiger charge is -2.35. The molecule has 1 saturated carbocycles. The largest absolute Gasteiger partial charge is 0.496 e. The summed E-state index contributed by atoms with van der Waals surface area (Å²) in [6.07, 6.45) is 5.52. The topological polar surface area (TPSA) is 34.0 Å². The molecule has 1 heterocycles. The van der Waals surface area contributed by atoms with Crippen molar-refractivity contribution in [1.82, 2.24) is 4.90 Å². The zero-order chi connectivity index (χ0) is 14.7. The van der Waals surface area contributed by atoms with Crippen molar-refractivity contribution in [3.05, 3.63) is 29.8 Å².